The van der Waals surface area contributed by atoms with Gasteiger partial charge in [0.2, 0.25) is 5.91 Å². The number of anilines is 1. The zero-order valence-corrected chi connectivity index (χ0v) is 11.8. The minimum absolute atomic E-state index is 0.108. The molecule has 1 saturated carbocycles. The fourth-order valence-electron chi connectivity index (χ4n) is 2.40. The Bertz CT molecular complexity index is 501. The summed E-state index contributed by atoms with van der Waals surface area (Å²) in [7, 11) is 0. The van der Waals surface area contributed by atoms with Crippen LogP contribution in [0.4, 0.5) is 14.9 Å². The molecular weight excluding hydrogens is 273 g/mol. The van der Waals surface area contributed by atoms with Crippen LogP contribution in [0.25, 0.3) is 0 Å². The van der Waals surface area contributed by atoms with Crippen molar-refractivity contribution in [2.45, 2.75) is 38.1 Å². The summed E-state index contributed by atoms with van der Waals surface area (Å²) in [6.45, 7) is -0.188. The third-order valence-electron chi connectivity index (χ3n) is 3.50. The third-order valence-corrected chi connectivity index (χ3v) is 3.50. The maximum atomic E-state index is 13.3. The lowest BCUT2D eigenvalue weighted by Crippen LogP contribution is -2.45. The van der Waals surface area contributed by atoms with Gasteiger partial charge in [-0.1, -0.05) is 31.4 Å². The van der Waals surface area contributed by atoms with Crippen LogP contribution in [-0.4, -0.2) is 24.5 Å². The molecular formula is C15H20FN3O2. The van der Waals surface area contributed by atoms with Crippen molar-refractivity contribution in [2.75, 3.05) is 11.9 Å². The maximum absolute atomic E-state index is 13.3. The van der Waals surface area contributed by atoms with Gasteiger partial charge in [-0.15, -0.1) is 0 Å². The van der Waals surface area contributed by atoms with Gasteiger partial charge in [0.15, 0.2) is 0 Å². The van der Waals surface area contributed by atoms with Crippen LogP contribution in [0.15, 0.2) is 24.3 Å². The van der Waals surface area contributed by atoms with Crippen LogP contribution in [0.1, 0.15) is 32.1 Å². The van der Waals surface area contributed by atoms with Gasteiger partial charge in [-0.2, -0.15) is 0 Å². The molecule has 5 nitrogen and oxygen atoms in total. The number of para-hydroxylation sites is 1. The highest BCUT2D eigenvalue weighted by molar-refractivity contribution is 5.94. The van der Waals surface area contributed by atoms with Crippen LogP contribution in [0.5, 0.6) is 0 Å². The standard InChI is InChI=1S/C15H20FN3O2/c16-12-8-4-5-9-13(12)19-14(20)10-17-15(21)18-11-6-2-1-3-7-11/h4-5,8-9,11H,1-3,6-7,10H2,(H,19,20)(H2,17,18,21). The van der Waals surface area contributed by atoms with E-state index in [0.717, 1.165) is 25.7 Å². The topological polar surface area (TPSA) is 70.2 Å². The lowest BCUT2D eigenvalue weighted by molar-refractivity contribution is -0.115. The predicted octanol–water partition coefficient (Wildman–Crippen LogP) is 2.40. The molecule has 1 aliphatic carbocycles. The molecule has 2 rings (SSSR count). The minimum Gasteiger partial charge on any atom is -0.335 e. The number of carbonyl (C=O) groups is 2. The Hall–Kier alpha value is -2.11. The van der Waals surface area contributed by atoms with Gasteiger partial charge in [-0.05, 0) is 25.0 Å². The summed E-state index contributed by atoms with van der Waals surface area (Å²) in [5.74, 6) is -0.962. The number of amides is 3. The quantitative estimate of drug-likeness (QED) is 0.797. The molecule has 3 amide bonds. The van der Waals surface area contributed by atoms with E-state index in [-0.39, 0.29) is 24.3 Å². The number of halogens is 1. The average molecular weight is 293 g/mol. The van der Waals surface area contributed by atoms with Crippen LogP contribution in [-0.2, 0) is 4.79 Å². The van der Waals surface area contributed by atoms with E-state index in [1.165, 1.54) is 18.6 Å². The molecule has 3 N–H and O–H groups in total. The van der Waals surface area contributed by atoms with E-state index in [1.54, 1.807) is 12.1 Å². The van der Waals surface area contributed by atoms with E-state index < -0.39 is 11.7 Å². The second kappa shape index (κ2) is 7.61. The van der Waals surface area contributed by atoms with E-state index >= 15 is 0 Å². The first kappa shape index (κ1) is 15.3. The summed E-state index contributed by atoms with van der Waals surface area (Å²) in [4.78, 5) is 23.3. The summed E-state index contributed by atoms with van der Waals surface area (Å²) < 4.78 is 13.3. The first-order valence-electron chi connectivity index (χ1n) is 7.24. The molecule has 0 heterocycles. The van der Waals surface area contributed by atoms with Gasteiger partial charge in [-0.25, -0.2) is 9.18 Å². The first-order chi connectivity index (χ1) is 10.1. The van der Waals surface area contributed by atoms with Gasteiger partial charge in [0.25, 0.3) is 0 Å². The third kappa shape index (κ3) is 5.06. The fraction of sp³-hybridized carbons (Fsp3) is 0.467. The Labute approximate surface area is 123 Å². The van der Waals surface area contributed by atoms with Crippen LogP contribution in [0.2, 0.25) is 0 Å². The molecule has 0 atom stereocenters. The van der Waals surface area contributed by atoms with Crippen molar-refractivity contribution in [1.82, 2.24) is 10.6 Å². The summed E-state index contributed by atoms with van der Waals surface area (Å²) in [5.41, 5.74) is 0.108. The largest absolute Gasteiger partial charge is 0.335 e. The SMILES string of the molecule is O=C(CNC(=O)NC1CCCCC1)Nc1ccccc1F. The Morgan fingerprint density at radius 1 is 1.14 bits per heavy atom. The highest BCUT2D eigenvalue weighted by Crippen LogP contribution is 2.17. The van der Waals surface area contributed by atoms with E-state index in [2.05, 4.69) is 16.0 Å². The molecule has 0 radical (unpaired) electrons. The van der Waals surface area contributed by atoms with Gasteiger partial charge >= 0.3 is 6.03 Å². The second-order valence-electron chi connectivity index (χ2n) is 5.19. The number of rotatable bonds is 4. The molecule has 1 aliphatic rings. The molecule has 1 aromatic rings. The van der Waals surface area contributed by atoms with Crippen molar-refractivity contribution in [3.63, 3.8) is 0 Å². The number of urea groups is 1. The van der Waals surface area contributed by atoms with E-state index in [9.17, 15) is 14.0 Å². The van der Waals surface area contributed by atoms with Crippen molar-refractivity contribution in [1.29, 1.82) is 0 Å². The molecule has 1 fully saturated rings. The smallest absolute Gasteiger partial charge is 0.315 e. The monoisotopic (exact) mass is 293 g/mol. The van der Waals surface area contributed by atoms with E-state index in [4.69, 9.17) is 0 Å². The lowest BCUT2D eigenvalue weighted by Gasteiger charge is -2.22. The molecule has 0 aromatic heterocycles. The fourth-order valence-corrected chi connectivity index (χ4v) is 2.40. The van der Waals surface area contributed by atoms with E-state index in [1.807, 2.05) is 0 Å². The van der Waals surface area contributed by atoms with Gasteiger partial charge in [-0.3, -0.25) is 4.79 Å². The van der Waals surface area contributed by atoms with Crippen LogP contribution >= 0.6 is 0 Å². The Morgan fingerprint density at radius 3 is 2.57 bits per heavy atom. The number of carbonyl (C=O) groups excluding carboxylic acids is 2. The molecule has 0 bridgehead atoms. The molecule has 21 heavy (non-hydrogen) atoms. The highest BCUT2D eigenvalue weighted by Gasteiger charge is 2.16. The molecule has 0 saturated heterocycles. The maximum Gasteiger partial charge on any atom is 0.315 e. The van der Waals surface area contributed by atoms with Gasteiger partial charge in [0, 0.05) is 6.04 Å². The molecule has 1 aromatic carbocycles. The van der Waals surface area contributed by atoms with Crippen LogP contribution in [0.3, 0.4) is 0 Å². The molecule has 0 spiro atoms. The first-order valence-corrected chi connectivity index (χ1v) is 7.24. The molecule has 6 heteroatoms. The number of nitrogens with one attached hydrogen (secondary N) is 3. The van der Waals surface area contributed by atoms with Crippen molar-refractivity contribution in [3.05, 3.63) is 30.1 Å². The Kier molecular flexibility index (Phi) is 5.54. The summed E-state index contributed by atoms with van der Waals surface area (Å²) in [5, 5.41) is 7.74. The number of benzene rings is 1. The van der Waals surface area contributed by atoms with Gasteiger partial charge < -0.3 is 16.0 Å². The van der Waals surface area contributed by atoms with Crippen LogP contribution in [0, 0.1) is 5.82 Å². The van der Waals surface area contributed by atoms with Crippen molar-refractivity contribution >= 4 is 17.6 Å². The normalized spacial score (nSPS) is 15.3. The highest BCUT2D eigenvalue weighted by atomic mass is 19.1. The summed E-state index contributed by atoms with van der Waals surface area (Å²) >= 11 is 0. The van der Waals surface area contributed by atoms with Gasteiger partial charge in [0.05, 0.1) is 12.2 Å². The number of hydrogen-bond acceptors (Lipinski definition) is 2. The summed E-state index contributed by atoms with van der Waals surface area (Å²) in [6.07, 6.45) is 5.42. The van der Waals surface area contributed by atoms with Crippen molar-refractivity contribution in [3.8, 4) is 0 Å². The Balaban J connectivity index is 1.71. The van der Waals surface area contributed by atoms with Crippen molar-refractivity contribution < 1.29 is 14.0 Å². The zero-order chi connectivity index (χ0) is 15.1. The Morgan fingerprint density at radius 2 is 1.86 bits per heavy atom. The molecule has 114 valence electrons. The average Bonchev–Trinajstić information content (AvgIpc) is 2.49. The zero-order valence-electron chi connectivity index (χ0n) is 11.8. The van der Waals surface area contributed by atoms with E-state index in [0.29, 0.717) is 0 Å². The number of hydrogen-bond donors (Lipinski definition) is 3. The van der Waals surface area contributed by atoms with Crippen LogP contribution < -0.4 is 16.0 Å². The molecule has 0 unspecified atom stereocenters. The van der Waals surface area contributed by atoms with Gasteiger partial charge in [0.1, 0.15) is 5.82 Å². The minimum atomic E-state index is -0.502. The lowest BCUT2D eigenvalue weighted by atomic mass is 9.96. The predicted molar refractivity (Wildman–Crippen MR) is 78.4 cm³/mol. The second-order valence-corrected chi connectivity index (χ2v) is 5.19. The summed E-state index contributed by atoms with van der Waals surface area (Å²) in [6, 6.07) is 5.73. The van der Waals surface area contributed by atoms with Crippen molar-refractivity contribution in [2.24, 2.45) is 0 Å². The molecule has 0 aliphatic heterocycles.